The van der Waals surface area contributed by atoms with Crippen LogP contribution in [-0.4, -0.2) is 16.8 Å². The molecule has 0 spiro atoms. The molecule has 0 saturated heterocycles. The molecule has 0 unspecified atom stereocenters. The van der Waals surface area contributed by atoms with E-state index in [-0.39, 0.29) is 21.3 Å². The minimum atomic E-state index is -4.43. The Hall–Kier alpha value is -2.69. The standard InChI is InChI=1S/C19H15ClF2N2O4S2/c1-12-6-8-14(23-29(25,26)18-9-7-13(21)10-16(18)22)11-19(12)30(27,28)24-17-5-3-2-4-15(17)20/h2-11,23-24H,1H3. The van der Waals surface area contributed by atoms with Gasteiger partial charge < -0.3 is 0 Å². The summed E-state index contributed by atoms with van der Waals surface area (Å²) in [5, 5.41) is 0.183. The van der Waals surface area contributed by atoms with Gasteiger partial charge in [0.15, 0.2) is 0 Å². The fourth-order valence-corrected chi connectivity index (χ4v) is 5.30. The summed E-state index contributed by atoms with van der Waals surface area (Å²) in [6, 6.07) is 12.0. The zero-order valence-electron chi connectivity index (χ0n) is 15.4. The van der Waals surface area contributed by atoms with E-state index in [9.17, 15) is 25.6 Å². The number of aryl methyl sites for hydroxylation is 1. The molecular weight excluding hydrogens is 458 g/mol. The molecule has 2 N–H and O–H groups in total. The Morgan fingerprint density at radius 3 is 2.13 bits per heavy atom. The number of rotatable bonds is 6. The minimum absolute atomic E-state index is 0.121. The van der Waals surface area contributed by atoms with E-state index in [4.69, 9.17) is 11.6 Å². The molecule has 0 heterocycles. The molecule has 6 nitrogen and oxygen atoms in total. The van der Waals surface area contributed by atoms with Gasteiger partial charge in [0.05, 0.1) is 21.3 Å². The molecule has 30 heavy (non-hydrogen) atoms. The lowest BCUT2D eigenvalue weighted by molar-refractivity contribution is 0.551. The number of para-hydroxylation sites is 1. The van der Waals surface area contributed by atoms with Crippen molar-refractivity contribution in [2.24, 2.45) is 0 Å². The summed E-state index contributed by atoms with van der Waals surface area (Å²) in [4.78, 5) is -0.981. The van der Waals surface area contributed by atoms with Gasteiger partial charge in [0, 0.05) is 6.07 Å². The van der Waals surface area contributed by atoms with E-state index < -0.39 is 36.6 Å². The Kier molecular flexibility index (Phi) is 6.02. The van der Waals surface area contributed by atoms with Crippen molar-refractivity contribution in [2.75, 3.05) is 9.44 Å². The van der Waals surface area contributed by atoms with Crippen LogP contribution in [0.15, 0.2) is 70.5 Å². The lowest BCUT2D eigenvalue weighted by Gasteiger charge is -2.14. The van der Waals surface area contributed by atoms with Gasteiger partial charge in [0.1, 0.15) is 16.5 Å². The summed E-state index contributed by atoms with van der Waals surface area (Å²) in [5.41, 5.74) is 0.368. The summed E-state index contributed by atoms with van der Waals surface area (Å²) >= 11 is 5.99. The molecule has 0 fully saturated rings. The number of hydrogen-bond donors (Lipinski definition) is 2. The molecule has 0 aliphatic rings. The first-order valence-electron chi connectivity index (χ1n) is 8.35. The number of benzene rings is 3. The van der Waals surface area contributed by atoms with Crippen LogP contribution in [0.1, 0.15) is 5.56 Å². The predicted octanol–water partition coefficient (Wildman–Crippen LogP) is 4.53. The third-order valence-corrected chi connectivity index (χ3v) is 7.28. The molecule has 158 valence electrons. The van der Waals surface area contributed by atoms with Crippen LogP contribution in [0.25, 0.3) is 0 Å². The van der Waals surface area contributed by atoms with Gasteiger partial charge in [-0.25, -0.2) is 25.6 Å². The number of halogens is 3. The average Bonchev–Trinajstić information content (AvgIpc) is 2.64. The molecule has 0 aliphatic heterocycles. The van der Waals surface area contributed by atoms with Crippen molar-refractivity contribution < 1.29 is 25.6 Å². The molecule has 0 amide bonds. The second-order valence-corrected chi connectivity index (χ2v) is 9.95. The Labute approximate surface area is 177 Å². The molecule has 0 bridgehead atoms. The van der Waals surface area contributed by atoms with E-state index >= 15 is 0 Å². The molecule has 3 aromatic rings. The first-order chi connectivity index (χ1) is 14.0. The molecule has 0 aromatic heterocycles. The quantitative estimate of drug-likeness (QED) is 0.551. The largest absolute Gasteiger partial charge is 0.279 e. The molecular formula is C19H15ClF2N2O4S2. The van der Waals surface area contributed by atoms with Crippen molar-refractivity contribution in [1.29, 1.82) is 0 Å². The zero-order valence-corrected chi connectivity index (χ0v) is 17.7. The third-order valence-electron chi connectivity index (χ3n) is 4.03. The zero-order chi connectivity index (χ0) is 22.1. The monoisotopic (exact) mass is 472 g/mol. The highest BCUT2D eigenvalue weighted by Gasteiger charge is 2.23. The van der Waals surface area contributed by atoms with E-state index in [1.165, 1.54) is 31.2 Å². The molecule has 0 atom stereocenters. The van der Waals surface area contributed by atoms with E-state index in [2.05, 4.69) is 9.44 Å². The van der Waals surface area contributed by atoms with Crippen LogP contribution in [0.3, 0.4) is 0 Å². The molecule has 11 heteroatoms. The van der Waals surface area contributed by atoms with Crippen molar-refractivity contribution >= 4 is 43.0 Å². The Bertz CT molecular complexity index is 1330. The highest BCUT2D eigenvalue weighted by atomic mass is 35.5. The fourth-order valence-electron chi connectivity index (χ4n) is 2.60. The number of hydrogen-bond acceptors (Lipinski definition) is 4. The van der Waals surface area contributed by atoms with Gasteiger partial charge in [-0.05, 0) is 48.9 Å². The van der Waals surface area contributed by atoms with Crippen molar-refractivity contribution in [1.82, 2.24) is 0 Å². The lowest BCUT2D eigenvalue weighted by atomic mass is 10.2. The number of anilines is 2. The van der Waals surface area contributed by atoms with Crippen LogP contribution in [0.2, 0.25) is 5.02 Å². The van der Waals surface area contributed by atoms with Gasteiger partial charge in [-0.1, -0.05) is 29.8 Å². The van der Waals surface area contributed by atoms with Crippen LogP contribution >= 0.6 is 11.6 Å². The minimum Gasteiger partial charge on any atom is -0.279 e. The second kappa shape index (κ2) is 8.21. The SMILES string of the molecule is Cc1ccc(NS(=O)(=O)c2ccc(F)cc2F)cc1S(=O)(=O)Nc1ccccc1Cl. The summed E-state index contributed by atoms with van der Waals surface area (Å²) < 4.78 is 81.9. The smallest absolute Gasteiger partial charge is 0.264 e. The van der Waals surface area contributed by atoms with Crippen molar-refractivity contribution in [3.63, 3.8) is 0 Å². The lowest BCUT2D eigenvalue weighted by Crippen LogP contribution is -2.17. The molecule has 3 rings (SSSR count). The number of sulfonamides is 2. The Balaban J connectivity index is 1.96. The first-order valence-corrected chi connectivity index (χ1v) is 11.7. The first kappa shape index (κ1) is 22.0. The van der Waals surface area contributed by atoms with Crippen LogP contribution in [0, 0.1) is 18.6 Å². The van der Waals surface area contributed by atoms with Crippen LogP contribution < -0.4 is 9.44 Å². The third kappa shape index (κ3) is 4.72. The van der Waals surface area contributed by atoms with Crippen molar-refractivity contribution in [3.05, 3.63) is 82.9 Å². The summed E-state index contributed by atoms with van der Waals surface area (Å²) in [7, 11) is -8.55. The van der Waals surface area contributed by atoms with Gasteiger partial charge in [0.2, 0.25) is 0 Å². The highest BCUT2D eigenvalue weighted by molar-refractivity contribution is 7.93. The number of nitrogens with one attached hydrogen (secondary N) is 2. The van der Waals surface area contributed by atoms with Gasteiger partial charge in [-0.15, -0.1) is 0 Å². The summed E-state index contributed by atoms with van der Waals surface area (Å²) in [5.74, 6) is -2.20. The van der Waals surface area contributed by atoms with Gasteiger partial charge in [-0.3, -0.25) is 9.44 Å². The van der Waals surface area contributed by atoms with Gasteiger partial charge >= 0.3 is 0 Å². The van der Waals surface area contributed by atoms with Gasteiger partial charge in [0.25, 0.3) is 20.0 Å². The summed E-state index contributed by atoms with van der Waals surface area (Å²) in [6.07, 6.45) is 0. The van der Waals surface area contributed by atoms with Crippen molar-refractivity contribution in [3.8, 4) is 0 Å². The predicted molar refractivity (Wildman–Crippen MR) is 111 cm³/mol. The van der Waals surface area contributed by atoms with E-state index in [1.54, 1.807) is 12.1 Å². The molecule has 0 aliphatic carbocycles. The van der Waals surface area contributed by atoms with Crippen LogP contribution in [-0.2, 0) is 20.0 Å². The maximum absolute atomic E-state index is 13.9. The maximum Gasteiger partial charge on any atom is 0.264 e. The van der Waals surface area contributed by atoms with Gasteiger partial charge in [-0.2, -0.15) is 0 Å². The van der Waals surface area contributed by atoms with E-state index in [0.29, 0.717) is 11.6 Å². The second-order valence-electron chi connectivity index (χ2n) is 6.25. The molecule has 0 radical (unpaired) electrons. The fraction of sp³-hybridized carbons (Fsp3) is 0.0526. The molecule has 0 saturated carbocycles. The topological polar surface area (TPSA) is 92.3 Å². The normalized spacial score (nSPS) is 11.9. The Morgan fingerprint density at radius 2 is 1.47 bits per heavy atom. The summed E-state index contributed by atoms with van der Waals surface area (Å²) in [6.45, 7) is 1.53. The Morgan fingerprint density at radius 1 is 0.800 bits per heavy atom. The van der Waals surface area contributed by atoms with E-state index in [0.717, 1.165) is 18.2 Å². The van der Waals surface area contributed by atoms with E-state index in [1.807, 2.05) is 0 Å². The van der Waals surface area contributed by atoms with Crippen LogP contribution in [0.5, 0.6) is 0 Å². The average molecular weight is 473 g/mol. The van der Waals surface area contributed by atoms with Crippen LogP contribution in [0.4, 0.5) is 20.2 Å². The molecule has 3 aromatic carbocycles. The van der Waals surface area contributed by atoms with Crippen molar-refractivity contribution in [2.45, 2.75) is 16.7 Å². The maximum atomic E-state index is 13.9. The highest BCUT2D eigenvalue weighted by Crippen LogP contribution is 2.28.